The van der Waals surface area contributed by atoms with Crippen molar-refractivity contribution in [2.24, 2.45) is 5.41 Å². The van der Waals surface area contributed by atoms with Gasteiger partial charge in [0.15, 0.2) is 0 Å². The first-order valence-corrected chi connectivity index (χ1v) is 6.59. The van der Waals surface area contributed by atoms with Crippen LogP contribution in [0.2, 0.25) is 0 Å². The smallest absolute Gasteiger partial charge is 0.0695 e. The van der Waals surface area contributed by atoms with Gasteiger partial charge < -0.3 is 5.11 Å². The minimum Gasteiger partial charge on any atom is -0.389 e. The number of hydrogen-bond donors (Lipinski definition) is 1. The maximum absolute atomic E-state index is 10.7. The Hall–Kier alpha value is -0.0400. The molecule has 1 nitrogen and oxygen atoms in total. The summed E-state index contributed by atoms with van der Waals surface area (Å²) in [5.41, 5.74) is -0.450. The van der Waals surface area contributed by atoms with E-state index in [1.165, 1.54) is 19.3 Å². The molecule has 92 valence electrons. The summed E-state index contributed by atoms with van der Waals surface area (Å²) in [6.45, 7) is 10.9. The van der Waals surface area contributed by atoms with Crippen molar-refractivity contribution >= 4 is 0 Å². The summed E-state index contributed by atoms with van der Waals surface area (Å²) < 4.78 is 0. The molecule has 0 aromatic heterocycles. The highest BCUT2D eigenvalue weighted by molar-refractivity contribution is 4.90. The molecule has 0 radical (unpaired) electrons. The summed E-state index contributed by atoms with van der Waals surface area (Å²) in [6.07, 6.45) is 7.86. The van der Waals surface area contributed by atoms with E-state index in [4.69, 9.17) is 0 Å². The molecule has 1 unspecified atom stereocenters. The van der Waals surface area contributed by atoms with Crippen molar-refractivity contribution in [1.82, 2.24) is 0 Å². The highest BCUT2D eigenvalue weighted by Crippen LogP contribution is 2.38. The molecule has 0 aliphatic rings. The van der Waals surface area contributed by atoms with Gasteiger partial charge >= 0.3 is 0 Å². The molecule has 15 heavy (non-hydrogen) atoms. The SMILES string of the molecule is CCCCCC(O)(CCCC)C(C)(C)C. The van der Waals surface area contributed by atoms with Gasteiger partial charge in [0.25, 0.3) is 0 Å². The lowest BCUT2D eigenvalue weighted by molar-refractivity contribution is -0.0740. The Labute approximate surface area is 96.3 Å². The van der Waals surface area contributed by atoms with Gasteiger partial charge in [0.2, 0.25) is 0 Å². The second-order valence-electron chi connectivity index (χ2n) is 5.84. The van der Waals surface area contributed by atoms with Crippen LogP contribution in [0.25, 0.3) is 0 Å². The average Bonchev–Trinajstić information content (AvgIpc) is 2.13. The first-order valence-electron chi connectivity index (χ1n) is 6.59. The molecular formula is C14H30O. The molecular weight excluding hydrogens is 184 g/mol. The summed E-state index contributed by atoms with van der Waals surface area (Å²) in [5, 5.41) is 10.7. The zero-order valence-corrected chi connectivity index (χ0v) is 11.4. The van der Waals surface area contributed by atoms with Crippen LogP contribution >= 0.6 is 0 Å². The van der Waals surface area contributed by atoms with Crippen molar-refractivity contribution in [2.45, 2.75) is 85.2 Å². The van der Waals surface area contributed by atoms with Crippen molar-refractivity contribution in [2.75, 3.05) is 0 Å². The summed E-state index contributed by atoms with van der Waals surface area (Å²) in [7, 11) is 0. The maximum atomic E-state index is 10.7. The first kappa shape index (κ1) is 15.0. The Kier molecular flexibility index (Phi) is 6.51. The lowest BCUT2D eigenvalue weighted by atomic mass is 9.71. The quantitative estimate of drug-likeness (QED) is 0.617. The van der Waals surface area contributed by atoms with E-state index in [1.807, 2.05) is 0 Å². The molecule has 0 heterocycles. The predicted molar refractivity (Wildman–Crippen MR) is 68.1 cm³/mol. The molecule has 0 saturated heterocycles. The van der Waals surface area contributed by atoms with Gasteiger partial charge in [-0.3, -0.25) is 0 Å². The van der Waals surface area contributed by atoms with E-state index in [-0.39, 0.29) is 5.41 Å². The Morgan fingerprint density at radius 3 is 1.67 bits per heavy atom. The molecule has 0 aliphatic heterocycles. The van der Waals surface area contributed by atoms with Crippen molar-refractivity contribution in [3.8, 4) is 0 Å². The Morgan fingerprint density at radius 1 is 0.800 bits per heavy atom. The van der Waals surface area contributed by atoms with Gasteiger partial charge in [-0.2, -0.15) is 0 Å². The van der Waals surface area contributed by atoms with E-state index in [9.17, 15) is 5.11 Å². The lowest BCUT2D eigenvalue weighted by Crippen LogP contribution is -2.42. The molecule has 0 aliphatic carbocycles. The highest BCUT2D eigenvalue weighted by atomic mass is 16.3. The van der Waals surface area contributed by atoms with Crippen LogP contribution in [0.1, 0.15) is 79.6 Å². The molecule has 0 amide bonds. The van der Waals surface area contributed by atoms with E-state index in [1.54, 1.807) is 0 Å². The van der Waals surface area contributed by atoms with E-state index in [0.717, 1.165) is 25.7 Å². The maximum Gasteiger partial charge on any atom is 0.0695 e. The van der Waals surface area contributed by atoms with Crippen molar-refractivity contribution < 1.29 is 5.11 Å². The van der Waals surface area contributed by atoms with Gasteiger partial charge in [-0.15, -0.1) is 0 Å². The molecule has 0 rings (SSSR count). The normalized spacial score (nSPS) is 16.4. The van der Waals surface area contributed by atoms with Gasteiger partial charge in [0.05, 0.1) is 5.60 Å². The Bertz CT molecular complexity index is 157. The van der Waals surface area contributed by atoms with E-state index >= 15 is 0 Å². The molecule has 0 spiro atoms. The van der Waals surface area contributed by atoms with Crippen LogP contribution in [0.5, 0.6) is 0 Å². The third kappa shape index (κ3) is 5.01. The minimum absolute atomic E-state index is 0.00983. The molecule has 0 fully saturated rings. The molecule has 1 heteroatoms. The first-order chi connectivity index (χ1) is 6.87. The van der Waals surface area contributed by atoms with Crippen LogP contribution in [0.4, 0.5) is 0 Å². The van der Waals surface area contributed by atoms with Crippen LogP contribution in [0.3, 0.4) is 0 Å². The molecule has 0 bridgehead atoms. The van der Waals surface area contributed by atoms with Gasteiger partial charge in [0.1, 0.15) is 0 Å². The second-order valence-corrected chi connectivity index (χ2v) is 5.84. The number of hydrogen-bond acceptors (Lipinski definition) is 1. The fraction of sp³-hybridized carbons (Fsp3) is 1.00. The van der Waals surface area contributed by atoms with Crippen LogP contribution < -0.4 is 0 Å². The van der Waals surface area contributed by atoms with Crippen molar-refractivity contribution in [3.05, 3.63) is 0 Å². The summed E-state index contributed by atoms with van der Waals surface area (Å²) >= 11 is 0. The summed E-state index contributed by atoms with van der Waals surface area (Å²) in [5.74, 6) is 0. The second kappa shape index (κ2) is 6.52. The van der Waals surface area contributed by atoms with Crippen LogP contribution in [-0.2, 0) is 0 Å². The lowest BCUT2D eigenvalue weighted by Gasteiger charge is -2.41. The van der Waals surface area contributed by atoms with E-state index in [0.29, 0.717) is 0 Å². The zero-order valence-electron chi connectivity index (χ0n) is 11.4. The third-order valence-corrected chi connectivity index (χ3v) is 3.53. The summed E-state index contributed by atoms with van der Waals surface area (Å²) in [4.78, 5) is 0. The van der Waals surface area contributed by atoms with Crippen molar-refractivity contribution in [1.29, 1.82) is 0 Å². The van der Waals surface area contributed by atoms with Crippen LogP contribution in [-0.4, -0.2) is 10.7 Å². The monoisotopic (exact) mass is 214 g/mol. The topological polar surface area (TPSA) is 20.2 Å². The van der Waals surface area contributed by atoms with E-state index < -0.39 is 5.60 Å². The number of rotatable bonds is 7. The fourth-order valence-corrected chi connectivity index (χ4v) is 2.01. The highest BCUT2D eigenvalue weighted by Gasteiger charge is 2.38. The molecule has 1 N–H and O–H groups in total. The number of aliphatic hydroxyl groups is 1. The number of unbranched alkanes of at least 4 members (excludes halogenated alkanes) is 3. The molecule has 0 aromatic carbocycles. The third-order valence-electron chi connectivity index (χ3n) is 3.53. The van der Waals surface area contributed by atoms with Gasteiger partial charge in [-0.05, 0) is 18.3 Å². The largest absolute Gasteiger partial charge is 0.389 e. The van der Waals surface area contributed by atoms with E-state index in [2.05, 4.69) is 34.6 Å². The fourth-order valence-electron chi connectivity index (χ4n) is 2.01. The molecule has 1 atom stereocenters. The molecule has 0 saturated carbocycles. The Balaban J connectivity index is 4.28. The Morgan fingerprint density at radius 2 is 1.27 bits per heavy atom. The van der Waals surface area contributed by atoms with Crippen molar-refractivity contribution in [3.63, 3.8) is 0 Å². The molecule has 0 aromatic rings. The minimum atomic E-state index is -0.460. The van der Waals surface area contributed by atoms with Gasteiger partial charge in [-0.1, -0.05) is 66.7 Å². The van der Waals surface area contributed by atoms with Crippen LogP contribution in [0, 0.1) is 5.41 Å². The predicted octanol–water partition coefficient (Wildman–Crippen LogP) is 4.53. The standard InChI is InChI=1S/C14H30O/c1-6-8-10-12-14(15,11-9-7-2)13(3,4)5/h15H,6-12H2,1-5H3. The summed E-state index contributed by atoms with van der Waals surface area (Å²) in [6, 6.07) is 0. The van der Waals surface area contributed by atoms with Gasteiger partial charge in [-0.25, -0.2) is 0 Å². The average molecular weight is 214 g/mol. The van der Waals surface area contributed by atoms with Crippen LogP contribution in [0.15, 0.2) is 0 Å². The van der Waals surface area contributed by atoms with Gasteiger partial charge in [0, 0.05) is 0 Å². The zero-order chi connectivity index (χ0) is 11.9.